The van der Waals surface area contributed by atoms with Crippen LogP contribution in [-0.4, -0.2) is 39.0 Å². The SMILES string of the molecule is CC(C)(C)OC(=O)N1CCC[C@H]1Cn1nc(C#N)c2cc(Cl)ccc21. The van der Waals surface area contributed by atoms with Crippen molar-refractivity contribution in [2.45, 2.75) is 51.8 Å². The molecule has 0 unspecified atom stereocenters. The van der Waals surface area contributed by atoms with Crippen molar-refractivity contribution >= 4 is 28.6 Å². The Kier molecular flexibility index (Phi) is 4.61. The summed E-state index contributed by atoms with van der Waals surface area (Å²) in [6.07, 6.45) is 1.52. The molecule has 2 aromatic rings. The Hall–Kier alpha value is -2.26. The number of hydrogen-bond donors (Lipinski definition) is 0. The number of nitriles is 1. The van der Waals surface area contributed by atoms with Gasteiger partial charge in [-0.3, -0.25) is 4.68 Å². The van der Waals surface area contributed by atoms with Crippen molar-refractivity contribution in [3.8, 4) is 6.07 Å². The number of nitrogens with zero attached hydrogens (tertiary/aromatic N) is 4. The molecule has 3 rings (SSSR count). The van der Waals surface area contributed by atoms with E-state index in [1.54, 1.807) is 21.7 Å². The minimum Gasteiger partial charge on any atom is -0.444 e. The highest BCUT2D eigenvalue weighted by Crippen LogP contribution is 2.26. The van der Waals surface area contributed by atoms with Crippen LogP contribution in [0, 0.1) is 11.3 Å². The normalized spacial score (nSPS) is 17.7. The third-order valence-electron chi connectivity index (χ3n) is 4.21. The van der Waals surface area contributed by atoms with Crippen LogP contribution < -0.4 is 0 Å². The van der Waals surface area contributed by atoms with Crippen molar-refractivity contribution in [1.82, 2.24) is 14.7 Å². The number of fused-ring (bicyclic) bond motifs is 1. The van der Waals surface area contributed by atoms with Crippen LogP contribution in [0.15, 0.2) is 18.2 Å². The van der Waals surface area contributed by atoms with Gasteiger partial charge >= 0.3 is 6.09 Å². The fourth-order valence-electron chi connectivity index (χ4n) is 3.16. The van der Waals surface area contributed by atoms with Gasteiger partial charge in [-0.25, -0.2) is 4.79 Å². The van der Waals surface area contributed by atoms with Gasteiger partial charge in [0, 0.05) is 17.0 Å². The highest BCUT2D eigenvalue weighted by Gasteiger charge is 2.33. The summed E-state index contributed by atoms with van der Waals surface area (Å²) in [6.45, 7) is 6.79. The van der Waals surface area contributed by atoms with E-state index >= 15 is 0 Å². The zero-order chi connectivity index (χ0) is 18.2. The smallest absolute Gasteiger partial charge is 0.410 e. The Morgan fingerprint density at radius 3 is 2.92 bits per heavy atom. The van der Waals surface area contributed by atoms with E-state index < -0.39 is 5.60 Å². The molecule has 0 aliphatic carbocycles. The lowest BCUT2D eigenvalue weighted by Gasteiger charge is -2.28. The molecule has 1 aromatic heterocycles. The topological polar surface area (TPSA) is 71.2 Å². The van der Waals surface area contributed by atoms with Gasteiger partial charge in [-0.2, -0.15) is 10.4 Å². The second-order valence-electron chi connectivity index (χ2n) is 7.27. The summed E-state index contributed by atoms with van der Waals surface area (Å²) in [5, 5.41) is 15.0. The lowest BCUT2D eigenvalue weighted by Crippen LogP contribution is -2.41. The molecule has 0 bridgehead atoms. The van der Waals surface area contributed by atoms with Crippen LogP contribution >= 0.6 is 11.6 Å². The first-order chi connectivity index (χ1) is 11.8. The summed E-state index contributed by atoms with van der Waals surface area (Å²) < 4.78 is 7.30. The molecule has 7 heteroatoms. The van der Waals surface area contributed by atoms with E-state index in [2.05, 4.69) is 11.2 Å². The average Bonchev–Trinajstić information content (AvgIpc) is 3.10. The zero-order valence-electron chi connectivity index (χ0n) is 14.6. The van der Waals surface area contributed by atoms with E-state index in [-0.39, 0.29) is 12.1 Å². The molecule has 6 nitrogen and oxygen atoms in total. The maximum Gasteiger partial charge on any atom is 0.410 e. The summed E-state index contributed by atoms with van der Waals surface area (Å²) >= 11 is 6.04. The molecule has 25 heavy (non-hydrogen) atoms. The number of halogens is 1. The first kappa shape index (κ1) is 17.6. The van der Waals surface area contributed by atoms with Crippen LogP contribution in [0.5, 0.6) is 0 Å². The molecule has 132 valence electrons. The van der Waals surface area contributed by atoms with Gasteiger partial charge < -0.3 is 9.64 Å². The van der Waals surface area contributed by atoms with Gasteiger partial charge in [-0.05, 0) is 51.8 Å². The largest absolute Gasteiger partial charge is 0.444 e. The van der Waals surface area contributed by atoms with Crippen LogP contribution in [-0.2, 0) is 11.3 Å². The second kappa shape index (κ2) is 6.57. The molecule has 2 heterocycles. The summed E-state index contributed by atoms with van der Waals surface area (Å²) in [6, 6.07) is 7.50. The van der Waals surface area contributed by atoms with Crippen LogP contribution in [0.25, 0.3) is 10.9 Å². The Bertz CT molecular complexity index is 847. The molecular formula is C18H21ClN4O2. The molecule has 0 radical (unpaired) electrons. The third-order valence-corrected chi connectivity index (χ3v) is 4.44. The highest BCUT2D eigenvalue weighted by atomic mass is 35.5. The fraction of sp³-hybridized carbons (Fsp3) is 0.500. The number of carbonyl (C=O) groups is 1. The summed E-state index contributed by atoms with van der Waals surface area (Å²) in [5.41, 5.74) is 0.671. The monoisotopic (exact) mass is 360 g/mol. The quantitative estimate of drug-likeness (QED) is 0.812. The van der Waals surface area contributed by atoms with E-state index in [1.807, 2.05) is 26.8 Å². The number of ether oxygens (including phenoxy) is 1. The first-order valence-corrected chi connectivity index (χ1v) is 8.72. The average molecular weight is 361 g/mol. The van der Waals surface area contributed by atoms with Crippen LogP contribution in [0.4, 0.5) is 4.79 Å². The Morgan fingerprint density at radius 2 is 2.24 bits per heavy atom. The first-order valence-electron chi connectivity index (χ1n) is 8.34. The second-order valence-corrected chi connectivity index (χ2v) is 7.71. The number of hydrogen-bond acceptors (Lipinski definition) is 4. The molecule has 0 N–H and O–H groups in total. The molecule has 1 atom stereocenters. The Balaban J connectivity index is 1.85. The van der Waals surface area contributed by atoms with Gasteiger partial charge in [0.25, 0.3) is 0 Å². The van der Waals surface area contributed by atoms with E-state index in [4.69, 9.17) is 16.3 Å². The predicted molar refractivity (Wildman–Crippen MR) is 95.4 cm³/mol. The van der Waals surface area contributed by atoms with Gasteiger partial charge in [0.05, 0.1) is 18.1 Å². The van der Waals surface area contributed by atoms with Crippen molar-refractivity contribution in [1.29, 1.82) is 5.26 Å². The van der Waals surface area contributed by atoms with Crippen molar-refractivity contribution in [2.75, 3.05) is 6.54 Å². The maximum absolute atomic E-state index is 12.4. The minimum absolute atomic E-state index is 0.000158. The van der Waals surface area contributed by atoms with Crippen LogP contribution in [0.1, 0.15) is 39.3 Å². The summed E-state index contributed by atoms with van der Waals surface area (Å²) in [4.78, 5) is 14.2. The lowest BCUT2D eigenvalue weighted by molar-refractivity contribution is 0.0212. The molecule has 1 saturated heterocycles. The third kappa shape index (κ3) is 3.72. The number of rotatable bonds is 2. The van der Waals surface area contributed by atoms with Crippen molar-refractivity contribution in [3.05, 3.63) is 28.9 Å². The molecule has 0 spiro atoms. The zero-order valence-corrected chi connectivity index (χ0v) is 15.4. The number of amides is 1. The molecule has 1 aromatic carbocycles. The molecule has 1 fully saturated rings. The molecule has 1 aliphatic heterocycles. The standard InChI is InChI=1S/C18H21ClN4O2/c1-18(2,3)25-17(24)22-8-4-5-13(22)11-23-16-7-6-12(19)9-14(16)15(10-20)21-23/h6-7,9,13H,4-5,8,11H2,1-3H3/t13-/m0/s1. The molecule has 0 saturated carbocycles. The van der Waals surface area contributed by atoms with E-state index in [1.165, 1.54) is 0 Å². The van der Waals surface area contributed by atoms with E-state index in [0.29, 0.717) is 23.8 Å². The highest BCUT2D eigenvalue weighted by molar-refractivity contribution is 6.31. The van der Waals surface area contributed by atoms with Crippen molar-refractivity contribution in [2.24, 2.45) is 0 Å². The van der Waals surface area contributed by atoms with Crippen molar-refractivity contribution in [3.63, 3.8) is 0 Å². The van der Waals surface area contributed by atoms with E-state index in [0.717, 1.165) is 23.7 Å². The van der Waals surface area contributed by atoms with Crippen LogP contribution in [0.3, 0.4) is 0 Å². The number of likely N-dealkylation sites (tertiary alicyclic amines) is 1. The Labute approximate surface area is 151 Å². The van der Waals surface area contributed by atoms with Gasteiger partial charge in [0.1, 0.15) is 11.7 Å². The summed E-state index contributed by atoms with van der Waals surface area (Å²) in [5.74, 6) is 0. The minimum atomic E-state index is -0.520. The Morgan fingerprint density at radius 1 is 1.48 bits per heavy atom. The van der Waals surface area contributed by atoms with Gasteiger partial charge in [-0.15, -0.1) is 0 Å². The van der Waals surface area contributed by atoms with Crippen molar-refractivity contribution < 1.29 is 9.53 Å². The molecular weight excluding hydrogens is 340 g/mol. The predicted octanol–water partition coefficient (Wildman–Crippen LogP) is 3.96. The van der Waals surface area contributed by atoms with Gasteiger partial charge in [0.15, 0.2) is 5.69 Å². The molecule has 1 amide bonds. The number of carbonyl (C=O) groups excluding carboxylic acids is 1. The molecule has 1 aliphatic rings. The number of aromatic nitrogens is 2. The van der Waals surface area contributed by atoms with Gasteiger partial charge in [-0.1, -0.05) is 11.6 Å². The maximum atomic E-state index is 12.4. The lowest BCUT2D eigenvalue weighted by atomic mass is 10.2. The van der Waals surface area contributed by atoms with Gasteiger partial charge in [0.2, 0.25) is 0 Å². The number of benzene rings is 1. The summed E-state index contributed by atoms with van der Waals surface area (Å²) in [7, 11) is 0. The fourth-order valence-corrected chi connectivity index (χ4v) is 3.33. The van der Waals surface area contributed by atoms with Crippen LogP contribution in [0.2, 0.25) is 5.02 Å². The van der Waals surface area contributed by atoms with E-state index in [9.17, 15) is 10.1 Å².